The van der Waals surface area contributed by atoms with Crippen LogP contribution in [0.1, 0.15) is 43.0 Å². The maximum atomic E-state index is 4.85. The van der Waals surface area contributed by atoms with E-state index >= 15 is 0 Å². The number of aliphatic imine (C=N–C) groups is 1. The molecule has 1 aromatic heterocycles. The van der Waals surface area contributed by atoms with E-state index < -0.39 is 0 Å². The lowest BCUT2D eigenvalue weighted by Crippen LogP contribution is -2.36. The van der Waals surface area contributed by atoms with Gasteiger partial charge in [0.1, 0.15) is 12.0 Å². The van der Waals surface area contributed by atoms with Crippen molar-refractivity contribution >= 4 is 5.96 Å². The van der Waals surface area contributed by atoms with Crippen molar-refractivity contribution in [3.8, 4) is 0 Å². The predicted octanol–water partition coefficient (Wildman–Crippen LogP) is 2.92. The summed E-state index contributed by atoms with van der Waals surface area (Å²) in [7, 11) is 0. The Hall–Kier alpha value is -2.34. The molecule has 1 aliphatic heterocycles. The topological polar surface area (TPSA) is 65.7 Å². The molecule has 1 saturated heterocycles. The van der Waals surface area contributed by atoms with Crippen LogP contribution in [0.4, 0.5) is 0 Å². The van der Waals surface area contributed by atoms with Crippen LogP contribution in [0.25, 0.3) is 0 Å². The highest BCUT2D eigenvalue weighted by Gasteiger charge is 2.10. The first-order valence-electron chi connectivity index (χ1n) is 9.55. The minimum Gasteiger partial charge on any atom is -0.364 e. The van der Waals surface area contributed by atoms with Gasteiger partial charge in [0.15, 0.2) is 5.96 Å². The summed E-state index contributed by atoms with van der Waals surface area (Å²) in [5.41, 5.74) is 3.46. The van der Waals surface area contributed by atoms with E-state index in [0.29, 0.717) is 13.1 Å². The lowest BCUT2D eigenvalue weighted by atomic mass is 10.1. The van der Waals surface area contributed by atoms with Crippen LogP contribution in [0, 0.1) is 0 Å². The number of hydrogen-bond acceptors (Lipinski definition) is 4. The SMILES string of the molecule is CCNC(=NCc1ccc(CN2CCCCC2)cc1)NCc1ccon1. The molecule has 2 aromatic rings. The molecule has 140 valence electrons. The number of benzene rings is 1. The second-order valence-electron chi connectivity index (χ2n) is 6.69. The zero-order valence-electron chi connectivity index (χ0n) is 15.6. The standard InChI is InChI=1S/C20H29N5O/c1-2-21-20(23-15-19-10-13-26-24-19)22-14-17-6-8-18(9-7-17)16-25-11-4-3-5-12-25/h6-10,13H,2-5,11-12,14-16H2,1H3,(H2,21,22,23). The van der Waals surface area contributed by atoms with Crippen molar-refractivity contribution in [2.75, 3.05) is 19.6 Å². The minimum atomic E-state index is 0.594. The number of likely N-dealkylation sites (tertiary alicyclic amines) is 1. The van der Waals surface area contributed by atoms with Crippen molar-refractivity contribution in [3.63, 3.8) is 0 Å². The molecule has 1 aromatic carbocycles. The lowest BCUT2D eigenvalue weighted by molar-refractivity contribution is 0.221. The van der Waals surface area contributed by atoms with Gasteiger partial charge in [0, 0.05) is 19.2 Å². The molecule has 0 saturated carbocycles. The lowest BCUT2D eigenvalue weighted by Gasteiger charge is -2.26. The van der Waals surface area contributed by atoms with E-state index in [4.69, 9.17) is 4.52 Å². The quantitative estimate of drug-likeness (QED) is 0.590. The van der Waals surface area contributed by atoms with Gasteiger partial charge >= 0.3 is 0 Å². The van der Waals surface area contributed by atoms with Crippen LogP contribution < -0.4 is 10.6 Å². The number of aromatic nitrogens is 1. The molecule has 2 heterocycles. The molecule has 0 atom stereocenters. The first-order chi connectivity index (χ1) is 12.8. The third-order valence-electron chi connectivity index (χ3n) is 4.57. The summed E-state index contributed by atoms with van der Waals surface area (Å²) in [6, 6.07) is 10.7. The molecule has 0 aliphatic carbocycles. The van der Waals surface area contributed by atoms with E-state index in [-0.39, 0.29) is 0 Å². The summed E-state index contributed by atoms with van der Waals surface area (Å²) < 4.78 is 4.85. The maximum absolute atomic E-state index is 4.85. The average molecular weight is 355 g/mol. The van der Waals surface area contributed by atoms with E-state index in [9.17, 15) is 0 Å². The second kappa shape index (κ2) is 9.97. The largest absolute Gasteiger partial charge is 0.364 e. The van der Waals surface area contributed by atoms with Crippen molar-refractivity contribution in [3.05, 3.63) is 53.4 Å². The fourth-order valence-corrected chi connectivity index (χ4v) is 3.14. The molecule has 2 N–H and O–H groups in total. The molecule has 6 heteroatoms. The molecule has 0 spiro atoms. The van der Waals surface area contributed by atoms with Crippen LogP contribution in [0.15, 0.2) is 46.1 Å². The fourth-order valence-electron chi connectivity index (χ4n) is 3.14. The van der Waals surface area contributed by atoms with Gasteiger partial charge in [0.2, 0.25) is 0 Å². The van der Waals surface area contributed by atoms with Crippen LogP contribution >= 0.6 is 0 Å². The monoisotopic (exact) mass is 355 g/mol. The Bertz CT molecular complexity index is 660. The summed E-state index contributed by atoms with van der Waals surface area (Å²) in [6.45, 7) is 7.65. The summed E-state index contributed by atoms with van der Waals surface area (Å²) in [4.78, 5) is 7.20. The van der Waals surface area contributed by atoms with Crippen LogP contribution in [0.3, 0.4) is 0 Å². The van der Waals surface area contributed by atoms with Gasteiger partial charge in [-0.1, -0.05) is 35.8 Å². The molecular formula is C20H29N5O. The Morgan fingerprint density at radius 1 is 1.08 bits per heavy atom. The Morgan fingerprint density at radius 2 is 1.85 bits per heavy atom. The number of rotatable bonds is 7. The summed E-state index contributed by atoms with van der Waals surface area (Å²) in [5.74, 6) is 0.785. The second-order valence-corrected chi connectivity index (χ2v) is 6.69. The molecule has 0 amide bonds. The first-order valence-corrected chi connectivity index (χ1v) is 9.55. The Balaban J connectivity index is 1.51. The number of hydrogen-bond donors (Lipinski definition) is 2. The van der Waals surface area contributed by atoms with Gasteiger partial charge in [-0.15, -0.1) is 0 Å². The van der Waals surface area contributed by atoms with Crippen molar-refractivity contribution in [1.82, 2.24) is 20.7 Å². The van der Waals surface area contributed by atoms with Crippen LogP contribution in [0.2, 0.25) is 0 Å². The average Bonchev–Trinajstić information content (AvgIpc) is 3.20. The van der Waals surface area contributed by atoms with Gasteiger partial charge in [0.25, 0.3) is 0 Å². The number of guanidine groups is 1. The van der Waals surface area contributed by atoms with Crippen molar-refractivity contribution in [2.45, 2.75) is 45.8 Å². The van der Waals surface area contributed by atoms with E-state index in [1.54, 1.807) is 6.26 Å². The molecule has 3 rings (SSSR count). The smallest absolute Gasteiger partial charge is 0.191 e. The van der Waals surface area contributed by atoms with E-state index in [1.807, 2.05) is 6.07 Å². The highest BCUT2D eigenvalue weighted by molar-refractivity contribution is 5.79. The van der Waals surface area contributed by atoms with Crippen LogP contribution in [-0.4, -0.2) is 35.7 Å². The molecule has 26 heavy (non-hydrogen) atoms. The van der Waals surface area contributed by atoms with Gasteiger partial charge in [-0.2, -0.15) is 0 Å². The van der Waals surface area contributed by atoms with Gasteiger partial charge in [0.05, 0.1) is 13.1 Å². The van der Waals surface area contributed by atoms with Gasteiger partial charge in [-0.3, -0.25) is 4.90 Å². The van der Waals surface area contributed by atoms with E-state index in [2.05, 4.69) is 56.9 Å². The zero-order chi connectivity index (χ0) is 18.0. The molecule has 6 nitrogen and oxygen atoms in total. The molecule has 1 fully saturated rings. The Labute approximate surface area is 155 Å². The highest BCUT2D eigenvalue weighted by atomic mass is 16.5. The van der Waals surface area contributed by atoms with Crippen LogP contribution in [-0.2, 0) is 19.6 Å². The fraction of sp³-hybridized carbons (Fsp3) is 0.500. The normalized spacial score (nSPS) is 15.8. The van der Waals surface area contributed by atoms with E-state index in [0.717, 1.165) is 24.7 Å². The Morgan fingerprint density at radius 3 is 2.54 bits per heavy atom. The third kappa shape index (κ3) is 5.88. The van der Waals surface area contributed by atoms with Gasteiger partial charge < -0.3 is 15.2 Å². The molecule has 0 bridgehead atoms. The third-order valence-corrected chi connectivity index (χ3v) is 4.57. The summed E-state index contributed by atoms with van der Waals surface area (Å²) >= 11 is 0. The Kier molecular flexibility index (Phi) is 7.07. The van der Waals surface area contributed by atoms with Gasteiger partial charge in [-0.05, 0) is 44.0 Å². The number of piperidine rings is 1. The highest BCUT2D eigenvalue weighted by Crippen LogP contribution is 2.14. The van der Waals surface area contributed by atoms with Crippen molar-refractivity contribution in [1.29, 1.82) is 0 Å². The summed E-state index contributed by atoms with van der Waals surface area (Å²) in [5, 5.41) is 10.4. The van der Waals surface area contributed by atoms with E-state index in [1.165, 1.54) is 43.5 Å². The zero-order valence-corrected chi connectivity index (χ0v) is 15.6. The molecule has 0 unspecified atom stereocenters. The van der Waals surface area contributed by atoms with Crippen molar-refractivity contribution in [2.24, 2.45) is 4.99 Å². The van der Waals surface area contributed by atoms with Crippen LogP contribution in [0.5, 0.6) is 0 Å². The first kappa shape index (κ1) is 18.5. The maximum Gasteiger partial charge on any atom is 0.191 e. The molecule has 1 aliphatic rings. The summed E-state index contributed by atoms with van der Waals surface area (Å²) in [6.07, 6.45) is 5.63. The molecule has 0 radical (unpaired) electrons. The molecular weight excluding hydrogens is 326 g/mol. The predicted molar refractivity (Wildman–Crippen MR) is 104 cm³/mol. The van der Waals surface area contributed by atoms with Crippen molar-refractivity contribution < 1.29 is 4.52 Å². The number of nitrogens with one attached hydrogen (secondary N) is 2. The minimum absolute atomic E-state index is 0.594. The number of nitrogens with zero attached hydrogens (tertiary/aromatic N) is 3. The van der Waals surface area contributed by atoms with Gasteiger partial charge in [-0.25, -0.2) is 4.99 Å².